The Kier molecular flexibility index (Phi) is 4.14. The summed E-state index contributed by atoms with van der Waals surface area (Å²) in [5, 5.41) is 12.8. The number of aromatic nitrogens is 2. The summed E-state index contributed by atoms with van der Waals surface area (Å²) in [6, 6.07) is 3.27. The Labute approximate surface area is 152 Å². The van der Waals surface area contributed by atoms with Crippen LogP contribution in [0.5, 0.6) is 5.88 Å². The summed E-state index contributed by atoms with van der Waals surface area (Å²) in [5.74, 6) is -0.887. The molecule has 25 heavy (non-hydrogen) atoms. The van der Waals surface area contributed by atoms with Crippen molar-refractivity contribution in [3.05, 3.63) is 44.9 Å². The molecule has 2 N–H and O–H groups in total. The molecule has 1 unspecified atom stereocenters. The zero-order chi connectivity index (χ0) is 18.5. The van der Waals surface area contributed by atoms with Gasteiger partial charge in [0.25, 0.3) is 5.91 Å². The van der Waals surface area contributed by atoms with Crippen LogP contribution in [0.4, 0.5) is 10.5 Å². The summed E-state index contributed by atoms with van der Waals surface area (Å²) < 4.78 is 1.30. The van der Waals surface area contributed by atoms with Gasteiger partial charge in [0, 0.05) is 28.2 Å². The van der Waals surface area contributed by atoms with E-state index in [9.17, 15) is 19.5 Å². The molecule has 1 aliphatic heterocycles. The van der Waals surface area contributed by atoms with Crippen LogP contribution in [0.25, 0.3) is 0 Å². The van der Waals surface area contributed by atoms with Crippen LogP contribution < -0.4 is 15.6 Å². The Balaban J connectivity index is 2.35. The largest absolute Gasteiger partial charge is 0.493 e. The van der Waals surface area contributed by atoms with E-state index < -0.39 is 22.2 Å². The fourth-order valence-electron chi connectivity index (χ4n) is 2.96. The van der Waals surface area contributed by atoms with Crippen molar-refractivity contribution in [1.82, 2.24) is 19.2 Å². The first-order chi connectivity index (χ1) is 11.7. The normalized spacial score (nSPS) is 20.4. The maximum Gasteiger partial charge on any atom is 0.454 e. The van der Waals surface area contributed by atoms with E-state index in [0.717, 1.165) is 15.4 Å². The molecule has 2 aromatic rings. The molecule has 1 atom stereocenters. The second kappa shape index (κ2) is 5.91. The average molecular weight is 386 g/mol. The number of nitrogens with one attached hydrogen (secondary N) is 1. The number of hydrogen-bond acceptors (Lipinski definition) is 4. The molecule has 8 nitrogen and oxygen atoms in total. The average Bonchev–Trinajstić information content (AvgIpc) is 2.94. The number of quaternary nitrogens is 1. The summed E-state index contributed by atoms with van der Waals surface area (Å²) in [6.07, 6.45) is 1.12. The van der Waals surface area contributed by atoms with Crippen molar-refractivity contribution < 1.29 is 14.7 Å². The lowest BCUT2D eigenvalue weighted by Crippen LogP contribution is -2.59. The summed E-state index contributed by atoms with van der Waals surface area (Å²) in [7, 11) is 0. The van der Waals surface area contributed by atoms with Gasteiger partial charge < -0.3 is 5.11 Å². The fraction of sp³-hybridized carbons (Fsp3) is 0.267. The fourth-order valence-corrected chi connectivity index (χ4v) is 3.47. The molecule has 1 aromatic heterocycles. The van der Waals surface area contributed by atoms with Gasteiger partial charge in [0.05, 0.1) is 0 Å². The van der Waals surface area contributed by atoms with Crippen LogP contribution in [-0.2, 0) is 4.79 Å². The van der Waals surface area contributed by atoms with Crippen molar-refractivity contribution in [2.24, 2.45) is 0 Å². The lowest BCUT2D eigenvalue weighted by molar-refractivity contribution is -0.118. The number of rotatable bonds is 3. The molecule has 0 spiro atoms. The molecule has 1 saturated heterocycles. The van der Waals surface area contributed by atoms with E-state index in [1.54, 1.807) is 13.8 Å². The second-order valence-corrected chi connectivity index (χ2v) is 6.86. The van der Waals surface area contributed by atoms with E-state index in [4.69, 9.17) is 23.2 Å². The number of imidazole rings is 1. The van der Waals surface area contributed by atoms with E-state index in [-0.39, 0.29) is 34.2 Å². The second-order valence-electron chi connectivity index (χ2n) is 5.99. The van der Waals surface area contributed by atoms with Gasteiger partial charge in [-0.05, 0) is 19.9 Å². The minimum absolute atomic E-state index is 0.226. The molecular weight excluding hydrogens is 371 g/mol. The maximum atomic E-state index is 12.8. The van der Waals surface area contributed by atoms with Crippen molar-refractivity contribution in [3.63, 3.8) is 0 Å². The lowest BCUT2D eigenvalue weighted by atomic mass is 10.3. The molecule has 10 heteroatoms. The van der Waals surface area contributed by atoms with E-state index in [2.05, 4.69) is 5.32 Å². The zero-order valence-corrected chi connectivity index (χ0v) is 14.9. The number of amides is 3. The summed E-state index contributed by atoms with van der Waals surface area (Å²) in [6.45, 7) is 3.06. The Morgan fingerprint density at radius 2 is 1.76 bits per heavy atom. The minimum Gasteiger partial charge on any atom is -0.493 e. The van der Waals surface area contributed by atoms with Crippen LogP contribution in [0.15, 0.2) is 29.2 Å². The van der Waals surface area contributed by atoms with Gasteiger partial charge in [-0.25, -0.2) is 14.9 Å². The van der Waals surface area contributed by atoms with Gasteiger partial charge in [0.2, 0.25) is 5.88 Å². The van der Waals surface area contributed by atoms with Gasteiger partial charge in [-0.1, -0.05) is 27.8 Å². The van der Waals surface area contributed by atoms with Gasteiger partial charge in [-0.15, -0.1) is 4.68 Å². The predicted octanol–water partition coefficient (Wildman–Crippen LogP) is 2.26. The first-order valence-electron chi connectivity index (χ1n) is 7.39. The molecule has 0 radical (unpaired) electrons. The number of nitrogens with zero attached hydrogens (tertiary/aromatic N) is 3. The van der Waals surface area contributed by atoms with E-state index >= 15 is 0 Å². The molecule has 2 heterocycles. The Bertz CT molecular complexity index is 929. The molecule has 132 valence electrons. The Morgan fingerprint density at radius 1 is 1.16 bits per heavy atom. The van der Waals surface area contributed by atoms with Crippen molar-refractivity contribution in [3.8, 4) is 5.88 Å². The number of imide groups is 1. The molecule has 3 rings (SSSR count). The minimum atomic E-state index is -0.814. The van der Waals surface area contributed by atoms with Crippen LogP contribution in [0.1, 0.15) is 19.9 Å². The number of carbonyl (C=O) groups excluding carboxylic acids is 2. The number of urea groups is 1. The lowest BCUT2D eigenvalue weighted by Gasteiger charge is -2.27. The molecule has 3 amide bonds. The third kappa shape index (κ3) is 2.62. The van der Waals surface area contributed by atoms with E-state index in [0.29, 0.717) is 0 Å². The van der Waals surface area contributed by atoms with Crippen molar-refractivity contribution in [1.29, 1.82) is 0 Å². The molecule has 1 fully saturated rings. The number of aromatic hydroxyl groups is 1. The quantitative estimate of drug-likeness (QED) is 0.625. The molecule has 1 aromatic carbocycles. The molecule has 0 aliphatic carbocycles. The third-order valence-corrected chi connectivity index (χ3v) is 4.44. The first-order valence-corrected chi connectivity index (χ1v) is 8.15. The highest BCUT2D eigenvalue weighted by Gasteiger charge is 2.53. The van der Waals surface area contributed by atoms with Crippen molar-refractivity contribution in [2.45, 2.75) is 19.9 Å². The predicted molar refractivity (Wildman–Crippen MR) is 92.8 cm³/mol. The van der Waals surface area contributed by atoms with Gasteiger partial charge in [0.15, 0.2) is 12.2 Å². The topological polar surface area (TPSA) is 93.3 Å². The number of hydrogen-bond donors (Lipinski definition) is 2. The third-order valence-electron chi connectivity index (χ3n) is 4.00. The standard InChI is InChI=1S/C15H14Cl2N4O4/c1-8(2)20-13(23)6-19(15(20)25)21(7-12(22)18-14(21)24)11-4-9(16)3-10(17)5-11/h3-6,8H,7H2,1-2H3,(H-,18,22,23,24)/p+1. The van der Waals surface area contributed by atoms with Crippen LogP contribution >= 0.6 is 23.2 Å². The van der Waals surface area contributed by atoms with Gasteiger partial charge in [-0.3, -0.25) is 9.36 Å². The summed E-state index contributed by atoms with van der Waals surface area (Å²) in [4.78, 5) is 37.4. The molecule has 1 aliphatic rings. The van der Waals surface area contributed by atoms with Crippen LogP contribution in [0.3, 0.4) is 0 Å². The summed E-state index contributed by atoms with van der Waals surface area (Å²) >= 11 is 12.1. The van der Waals surface area contributed by atoms with Crippen molar-refractivity contribution >= 4 is 40.8 Å². The van der Waals surface area contributed by atoms with E-state index in [1.807, 2.05) is 0 Å². The number of benzene rings is 1. The highest BCUT2D eigenvalue weighted by atomic mass is 35.5. The highest BCUT2D eigenvalue weighted by molar-refractivity contribution is 6.35. The van der Waals surface area contributed by atoms with Crippen LogP contribution in [-0.4, -0.2) is 32.8 Å². The molecular formula is C15H15Cl2N4O4+. The first kappa shape index (κ1) is 17.5. The smallest absolute Gasteiger partial charge is 0.454 e. The highest BCUT2D eigenvalue weighted by Crippen LogP contribution is 2.33. The summed E-state index contributed by atoms with van der Waals surface area (Å²) in [5.41, 5.74) is -0.419. The molecule has 0 bridgehead atoms. The Morgan fingerprint density at radius 3 is 2.20 bits per heavy atom. The monoisotopic (exact) mass is 385 g/mol. The van der Waals surface area contributed by atoms with E-state index in [1.165, 1.54) is 18.2 Å². The van der Waals surface area contributed by atoms with Crippen LogP contribution in [0.2, 0.25) is 10.0 Å². The van der Waals surface area contributed by atoms with Gasteiger partial charge >= 0.3 is 11.7 Å². The van der Waals surface area contributed by atoms with Crippen LogP contribution in [0, 0.1) is 0 Å². The number of halogens is 2. The SMILES string of the molecule is CC(C)n1c(O)cn([N+]2(c3cc(Cl)cc(Cl)c3)CC(=O)NC2=O)c1=O. The van der Waals surface area contributed by atoms with Gasteiger partial charge in [-0.2, -0.15) is 0 Å². The molecule has 0 saturated carbocycles. The zero-order valence-electron chi connectivity index (χ0n) is 13.4. The number of carbonyl (C=O) groups is 2. The maximum absolute atomic E-state index is 12.8. The van der Waals surface area contributed by atoms with Crippen molar-refractivity contribution in [2.75, 3.05) is 6.54 Å². The Hall–Kier alpha value is -2.29. The van der Waals surface area contributed by atoms with Gasteiger partial charge in [0.1, 0.15) is 6.20 Å².